The van der Waals surface area contributed by atoms with Crippen molar-refractivity contribution in [2.45, 2.75) is 12.2 Å². The summed E-state index contributed by atoms with van der Waals surface area (Å²) in [6, 6.07) is 1.35. The van der Waals surface area contributed by atoms with Gasteiger partial charge in [-0.3, -0.25) is 9.78 Å². The van der Waals surface area contributed by atoms with Crippen LogP contribution in [0.1, 0.15) is 11.8 Å². The molecule has 6 nitrogen and oxygen atoms in total. The largest absolute Gasteiger partial charge is 0.397 e. The molecule has 2 atom stereocenters. The summed E-state index contributed by atoms with van der Waals surface area (Å²) >= 11 is 5.59. The van der Waals surface area contributed by atoms with Gasteiger partial charge in [0.15, 0.2) is 6.10 Å². The van der Waals surface area contributed by atoms with Gasteiger partial charge in [0.2, 0.25) is 5.91 Å². The number of hydrogen-bond donors (Lipinski definition) is 4. The van der Waals surface area contributed by atoms with Crippen LogP contribution in [0.2, 0.25) is 5.02 Å². The maximum absolute atomic E-state index is 10.6. The van der Waals surface area contributed by atoms with E-state index in [1.54, 1.807) is 0 Å². The number of halogens is 1. The minimum Gasteiger partial charge on any atom is -0.397 e. The molecule has 2 unspecified atom stereocenters. The van der Waals surface area contributed by atoms with E-state index in [1.165, 1.54) is 12.3 Å². The first-order chi connectivity index (χ1) is 6.93. The molecule has 0 aromatic carbocycles. The first-order valence-corrected chi connectivity index (χ1v) is 4.37. The molecule has 0 fully saturated rings. The van der Waals surface area contributed by atoms with Crippen LogP contribution in [-0.4, -0.2) is 27.2 Å². The van der Waals surface area contributed by atoms with Crippen LogP contribution in [0.4, 0.5) is 5.69 Å². The van der Waals surface area contributed by atoms with Crippen molar-refractivity contribution < 1.29 is 15.0 Å². The van der Waals surface area contributed by atoms with Gasteiger partial charge in [-0.25, -0.2) is 0 Å². The summed E-state index contributed by atoms with van der Waals surface area (Å²) in [5.74, 6) is -1.06. The van der Waals surface area contributed by atoms with Crippen LogP contribution in [0.3, 0.4) is 0 Å². The van der Waals surface area contributed by atoms with Gasteiger partial charge in [0.05, 0.1) is 16.4 Å². The van der Waals surface area contributed by atoms with Crippen LogP contribution in [0, 0.1) is 0 Å². The lowest BCUT2D eigenvalue weighted by molar-refractivity contribution is -0.132. The molecule has 0 saturated heterocycles. The third-order valence-electron chi connectivity index (χ3n) is 1.79. The third-order valence-corrected chi connectivity index (χ3v) is 1.99. The standard InChI is InChI=1S/C8H10ClN3O3/c9-3-1-4(10)5(12-2-3)6(13)7(14)8(11)15/h1-2,6-7,13-14H,10H2,(H2,11,15). The number of aliphatic hydroxyl groups excluding tert-OH is 2. The van der Waals surface area contributed by atoms with Gasteiger partial charge in [0, 0.05) is 6.20 Å². The fraction of sp³-hybridized carbons (Fsp3) is 0.250. The number of rotatable bonds is 3. The number of nitrogen functional groups attached to an aromatic ring is 1. The number of aliphatic hydroxyl groups is 2. The molecular weight excluding hydrogens is 222 g/mol. The summed E-state index contributed by atoms with van der Waals surface area (Å²) in [4.78, 5) is 14.3. The van der Waals surface area contributed by atoms with Crippen LogP contribution >= 0.6 is 11.6 Å². The number of aromatic nitrogens is 1. The molecule has 82 valence electrons. The molecule has 0 spiro atoms. The summed E-state index contributed by atoms with van der Waals surface area (Å²) in [5, 5.41) is 19.0. The Morgan fingerprint density at radius 2 is 2.13 bits per heavy atom. The van der Waals surface area contributed by atoms with Gasteiger partial charge in [-0.15, -0.1) is 0 Å². The zero-order valence-electron chi connectivity index (χ0n) is 7.59. The Morgan fingerprint density at radius 1 is 1.53 bits per heavy atom. The molecule has 1 rings (SSSR count). The predicted molar refractivity (Wildman–Crippen MR) is 53.8 cm³/mol. The highest BCUT2D eigenvalue weighted by molar-refractivity contribution is 6.30. The second-order valence-electron chi connectivity index (χ2n) is 2.92. The van der Waals surface area contributed by atoms with Gasteiger partial charge in [0.25, 0.3) is 0 Å². The Morgan fingerprint density at radius 3 is 2.60 bits per heavy atom. The minimum absolute atomic E-state index is 0.0364. The summed E-state index contributed by atoms with van der Waals surface area (Å²) in [6.45, 7) is 0. The number of primary amides is 1. The number of hydrogen-bond acceptors (Lipinski definition) is 5. The van der Waals surface area contributed by atoms with E-state index in [4.69, 9.17) is 23.1 Å². The number of pyridine rings is 1. The molecule has 0 aliphatic carbocycles. The zero-order chi connectivity index (χ0) is 11.6. The second-order valence-corrected chi connectivity index (χ2v) is 3.36. The molecule has 1 aromatic heterocycles. The number of carbonyl (C=O) groups excluding carboxylic acids is 1. The number of anilines is 1. The average molecular weight is 232 g/mol. The smallest absolute Gasteiger partial charge is 0.249 e. The molecule has 0 aliphatic rings. The molecule has 1 heterocycles. The van der Waals surface area contributed by atoms with Crippen LogP contribution in [0.15, 0.2) is 12.3 Å². The first-order valence-electron chi connectivity index (χ1n) is 4.00. The Balaban J connectivity index is 3.01. The lowest BCUT2D eigenvalue weighted by atomic mass is 10.1. The van der Waals surface area contributed by atoms with Gasteiger partial charge in [-0.2, -0.15) is 0 Å². The first kappa shape index (κ1) is 11.7. The number of amides is 1. The Hall–Kier alpha value is -1.37. The van der Waals surface area contributed by atoms with Crippen molar-refractivity contribution >= 4 is 23.2 Å². The van der Waals surface area contributed by atoms with Crippen molar-refractivity contribution in [2.75, 3.05) is 5.73 Å². The highest BCUT2D eigenvalue weighted by atomic mass is 35.5. The third kappa shape index (κ3) is 2.56. The maximum Gasteiger partial charge on any atom is 0.249 e. The Bertz CT molecular complexity index is 385. The van der Waals surface area contributed by atoms with E-state index in [0.29, 0.717) is 0 Å². The van der Waals surface area contributed by atoms with Crippen molar-refractivity contribution in [3.63, 3.8) is 0 Å². The summed E-state index contributed by atoms with van der Waals surface area (Å²) in [5.41, 5.74) is 10.3. The van der Waals surface area contributed by atoms with E-state index in [9.17, 15) is 15.0 Å². The summed E-state index contributed by atoms with van der Waals surface area (Å²) < 4.78 is 0. The fourth-order valence-corrected chi connectivity index (χ4v) is 1.18. The van der Waals surface area contributed by atoms with Crippen molar-refractivity contribution in [1.29, 1.82) is 0 Å². The van der Waals surface area contributed by atoms with Gasteiger partial charge in [0.1, 0.15) is 6.10 Å². The van der Waals surface area contributed by atoms with Crippen LogP contribution < -0.4 is 11.5 Å². The van der Waals surface area contributed by atoms with E-state index in [-0.39, 0.29) is 16.4 Å². The summed E-state index contributed by atoms with van der Waals surface area (Å²) in [6.07, 6.45) is -2.06. The molecule has 0 radical (unpaired) electrons. The van der Waals surface area contributed by atoms with E-state index in [1.807, 2.05) is 0 Å². The topological polar surface area (TPSA) is 122 Å². The molecule has 1 aromatic rings. The van der Waals surface area contributed by atoms with Gasteiger partial charge >= 0.3 is 0 Å². The van der Waals surface area contributed by atoms with Crippen molar-refractivity contribution in [3.8, 4) is 0 Å². The van der Waals surface area contributed by atoms with E-state index >= 15 is 0 Å². The molecular formula is C8H10ClN3O3. The minimum atomic E-state index is -1.75. The predicted octanol–water partition coefficient (Wildman–Crippen LogP) is -0.803. The lowest BCUT2D eigenvalue weighted by Crippen LogP contribution is -2.34. The average Bonchev–Trinajstić information content (AvgIpc) is 2.15. The van der Waals surface area contributed by atoms with E-state index in [2.05, 4.69) is 4.98 Å². The van der Waals surface area contributed by atoms with E-state index in [0.717, 1.165) is 0 Å². The zero-order valence-corrected chi connectivity index (χ0v) is 8.35. The quantitative estimate of drug-likeness (QED) is 0.542. The molecule has 6 N–H and O–H groups in total. The number of nitrogens with two attached hydrogens (primary N) is 2. The molecule has 1 amide bonds. The molecule has 7 heteroatoms. The normalized spacial score (nSPS) is 14.6. The molecule has 0 aliphatic heterocycles. The van der Waals surface area contributed by atoms with Gasteiger partial charge in [-0.05, 0) is 6.07 Å². The lowest BCUT2D eigenvalue weighted by Gasteiger charge is -2.15. The van der Waals surface area contributed by atoms with Crippen molar-refractivity contribution in [1.82, 2.24) is 4.98 Å². The second kappa shape index (κ2) is 4.43. The van der Waals surface area contributed by atoms with Crippen molar-refractivity contribution in [2.24, 2.45) is 5.73 Å². The maximum atomic E-state index is 10.6. The summed E-state index contributed by atoms with van der Waals surface area (Å²) in [7, 11) is 0. The van der Waals surface area contributed by atoms with Gasteiger partial charge < -0.3 is 21.7 Å². The van der Waals surface area contributed by atoms with Crippen LogP contribution in [0.25, 0.3) is 0 Å². The molecule has 15 heavy (non-hydrogen) atoms. The number of nitrogens with zero attached hydrogens (tertiary/aromatic N) is 1. The molecule has 0 bridgehead atoms. The number of carbonyl (C=O) groups is 1. The SMILES string of the molecule is NC(=O)C(O)C(O)c1ncc(Cl)cc1N. The van der Waals surface area contributed by atoms with Crippen LogP contribution in [0.5, 0.6) is 0 Å². The van der Waals surface area contributed by atoms with Crippen molar-refractivity contribution in [3.05, 3.63) is 23.0 Å². The monoisotopic (exact) mass is 231 g/mol. The molecule has 0 saturated carbocycles. The fourth-order valence-electron chi connectivity index (χ4n) is 1.02. The Labute approximate surface area is 90.5 Å². The van der Waals surface area contributed by atoms with E-state index < -0.39 is 18.1 Å². The van der Waals surface area contributed by atoms with Crippen LogP contribution in [-0.2, 0) is 4.79 Å². The van der Waals surface area contributed by atoms with Gasteiger partial charge in [-0.1, -0.05) is 11.6 Å². The Kier molecular flexibility index (Phi) is 3.46. The highest BCUT2D eigenvalue weighted by Crippen LogP contribution is 2.23. The highest BCUT2D eigenvalue weighted by Gasteiger charge is 2.26.